The van der Waals surface area contributed by atoms with E-state index in [-0.39, 0.29) is 11.4 Å². The van der Waals surface area contributed by atoms with E-state index in [2.05, 4.69) is 10.2 Å². The Morgan fingerprint density at radius 2 is 1.59 bits per heavy atom. The molecule has 9 heteroatoms. The zero-order valence-corrected chi connectivity index (χ0v) is 15.5. The van der Waals surface area contributed by atoms with Crippen LogP contribution in [0.4, 0.5) is 17.1 Å². The molecular formula is C18H20BN3O5. The van der Waals surface area contributed by atoms with Gasteiger partial charge in [0.05, 0.1) is 27.5 Å². The molecule has 1 N–H and O–H groups in total. The molecule has 8 nitrogen and oxygen atoms in total. The summed E-state index contributed by atoms with van der Waals surface area (Å²) >= 11 is 0. The summed E-state index contributed by atoms with van der Waals surface area (Å²) in [7, 11) is -0.701. The second-order valence-corrected chi connectivity index (χ2v) is 7.30. The fourth-order valence-corrected chi connectivity index (χ4v) is 2.54. The second kappa shape index (κ2) is 6.75. The Hall–Kier alpha value is -2.78. The molecule has 1 heterocycles. The van der Waals surface area contributed by atoms with Crippen molar-refractivity contribution in [1.82, 2.24) is 0 Å². The SMILES string of the molecule is CC1(C)OB(c2cc(O)ccc2N=Nc2ccc([N+](=O)[O-])cc2)OC1(C)C. The topological polar surface area (TPSA) is 107 Å². The molecule has 0 radical (unpaired) electrons. The average Bonchev–Trinajstić information content (AvgIpc) is 2.81. The normalized spacial score (nSPS) is 18.1. The van der Waals surface area contributed by atoms with Gasteiger partial charge in [0.25, 0.3) is 5.69 Å². The molecule has 0 aromatic heterocycles. The number of phenolic OH excluding ortho intramolecular Hbond substituents is 1. The van der Waals surface area contributed by atoms with Crippen LogP contribution in [-0.2, 0) is 9.31 Å². The first-order valence-electron chi connectivity index (χ1n) is 8.44. The molecule has 3 rings (SSSR count). The van der Waals surface area contributed by atoms with E-state index in [0.29, 0.717) is 16.8 Å². The van der Waals surface area contributed by atoms with Gasteiger partial charge in [-0.1, -0.05) is 0 Å². The molecular weight excluding hydrogens is 349 g/mol. The van der Waals surface area contributed by atoms with Crippen molar-refractivity contribution in [1.29, 1.82) is 0 Å². The van der Waals surface area contributed by atoms with E-state index in [0.717, 1.165) is 0 Å². The third-order valence-electron chi connectivity index (χ3n) is 4.85. The molecule has 1 saturated heterocycles. The Bertz CT molecular complexity index is 880. The molecule has 1 aliphatic heterocycles. The third-order valence-corrected chi connectivity index (χ3v) is 4.85. The number of benzene rings is 2. The Kier molecular flexibility index (Phi) is 4.75. The average molecular weight is 369 g/mol. The molecule has 27 heavy (non-hydrogen) atoms. The maximum Gasteiger partial charge on any atom is 0.497 e. The fourth-order valence-electron chi connectivity index (χ4n) is 2.54. The highest BCUT2D eigenvalue weighted by Crippen LogP contribution is 2.37. The summed E-state index contributed by atoms with van der Waals surface area (Å²) in [5.74, 6) is 0.0639. The van der Waals surface area contributed by atoms with Crippen molar-refractivity contribution in [2.45, 2.75) is 38.9 Å². The van der Waals surface area contributed by atoms with Crippen molar-refractivity contribution in [3.05, 3.63) is 52.6 Å². The molecule has 0 amide bonds. The number of rotatable bonds is 4. The maximum absolute atomic E-state index is 10.7. The zero-order valence-electron chi connectivity index (χ0n) is 15.5. The minimum absolute atomic E-state index is 0.0171. The van der Waals surface area contributed by atoms with Crippen molar-refractivity contribution < 1.29 is 19.3 Å². The van der Waals surface area contributed by atoms with Gasteiger partial charge in [-0.05, 0) is 58.0 Å². The largest absolute Gasteiger partial charge is 0.508 e. The second-order valence-electron chi connectivity index (χ2n) is 7.30. The van der Waals surface area contributed by atoms with E-state index in [4.69, 9.17) is 9.31 Å². The Morgan fingerprint density at radius 1 is 1.00 bits per heavy atom. The minimum atomic E-state index is -0.701. The number of non-ortho nitro benzene ring substituents is 1. The number of phenols is 1. The van der Waals surface area contributed by atoms with Crippen LogP contribution >= 0.6 is 0 Å². The molecule has 0 atom stereocenters. The fraction of sp³-hybridized carbons (Fsp3) is 0.333. The quantitative estimate of drug-likeness (QED) is 0.379. The standard InChI is InChI=1S/C18H20BN3O5/c1-17(2)18(3,4)27-19(26-17)15-11-14(23)9-10-16(15)21-20-12-5-7-13(8-6-12)22(24)25/h5-11,23H,1-4H3. The van der Waals surface area contributed by atoms with Crippen molar-refractivity contribution in [3.63, 3.8) is 0 Å². The highest BCUT2D eigenvalue weighted by molar-refractivity contribution is 6.63. The van der Waals surface area contributed by atoms with Crippen molar-refractivity contribution in [2.24, 2.45) is 10.2 Å². The van der Waals surface area contributed by atoms with Gasteiger partial charge < -0.3 is 14.4 Å². The Morgan fingerprint density at radius 3 is 2.15 bits per heavy atom. The Balaban J connectivity index is 1.90. The lowest BCUT2D eigenvalue weighted by Gasteiger charge is -2.32. The molecule has 2 aromatic carbocycles. The minimum Gasteiger partial charge on any atom is -0.508 e. The molecule has 0 spiro atoms. The summed E-state index contributed by atoms with van der Waals surface area (Å²) in [6.07, 6.45) is 0. The highest BCUT2D eigenvalue weighted by Gasteiger charge is 2.52. The van der Waals surface area contributed by atoms with Gasteiger partial charge in [0.2, 0.25) is 0 Å². The van der Waals surface area contributed by atoms with Crippen LogP contribution in [0.3, 0.4) is 0 Å². The maximum atomic E-state index is 10.7. The van der Waals surface area contributed by atoms with Crippen LogP contribution in [0.1, 0.15) is 27.7 Å². The smallest absolute Gasteiger partial charge is 0.497 e. The van der Waals surface area contributed by atoms with Gasteiger partial charge in [-0.15, -0.1) is 0 Å². The van der Waals surface area contributed by atoms with Gasteiger partial charge >= 0.3 is 7.12 Å². The summed E-state index contributed by atoms with van der Waals surface area (Å²) in [5, 5.41) is 28.9. The third kappa shape index (κ3) is 3.84. The summed E-state index contributed by atoms with van der Waals surface area (Å²) < 4.78 is 12.1. The molecule has 2 aromatic rings. The zero-order chi connectivity index (χ0) is 19.8. The first kappa shape index (κ1) is 19.0. The van der Waals surface area contributed by atoms with Crippen LogP contribution in [0.5, 0.6) is 5.75 Å². The molecule has 1 fully saturated rings. The van der Waals surface area contributed by atoms with Gasteiger partial charge in [0.1, 0.15) is 5.75 Å². The highest BCUT2D eigenvalue weighted by atomic mass is 16.7. The summed E-state index contributed by atoms with van der Waals surface area (Å²) in [6, 6.07) is 10.4. The number of nitro groups is 1. The number of nitrogens with zero attached hydrogens (tertiary/aromatic N) is 3. The number of aromatic hydroxyl groups is 1. The van der Waals surface area contributed by atoms with Crippen LogP contribution in [0.2, 0.25) is 0 Å². The predicted molar refractivity (Wildman–Crippen MR) is 101 cm³/mol. The number of azo groups is 1. The summed E-state index contributed by atoms with van der Waals surface area (Å²) in [4.78, 5) is 10.2. The van der Waals surface area contributed by atoms with Crippen LogP contribution in [0.15, 0.2) is 52.7 Å². The summed E-state index contributed by atoms with van der Waals surface area (Å²) in [6.45, 7) is 7.75. The first-order valence-corrected chi connectivity index (χ1v) is 8.44. The van der Waals surface area contributed by atoms with E-state index in [1.54, 1.807) is 6.07 Å². The van der Waals surface area contributed by atoms with Crippen LogP contribution < -0.4 is 5.46 Å². The predicted octanol–water partition coefficient (Wildman–Crippen LogP) is 4.02. The molecule has 1 aliphatic rings. The van der Waals surface area contributed by atoms with Gasteiger partial charge in [-0.2, -0.15) is 10.2 Å². The van der Waals surface area contributed by atoms with Crippen LogP contribution in [-0.4, -0.2) is 28.4 Å². The van der Waals surface area contributed by atoms with Gasteiger partial charge in [0.15, 0.2) is 0 Å². The number of hydrogen-bond donors (Lipinski definition) is 1. The first-order chi connectivity index (χ1) is 12.6. The van der Waals surface area contributed by atoms with Crippen molar-refractivity contribution in [2.75, 3.05) is 0 Å². The molecule has 140 valence electrons. The van der Waals surface area contributed by atoms with E-state index in [1.165, 1.54) is 36.4 Å². The molecule has 0 unspecified atom stereocenters. The van der Waals surface area contributed by atoms with Crippen molar-refractivity contribution >= 4 is 29.6 Å². The van der Waals surface area contributed by atoms with Gasteiger partial charge in [-0.3, -0.25) is 10.1 Å². The monoisotopic (exact) mass is 369 g/mol. The molecule has 0 saturated carbocycles. The van der Waals surface area contributed by atoms with E-state index >= 15 is 0 Å². The van der Waals surface area contributed by atoms with E-state index in [9.17, 15) is 15.2 Å². The molecule has 0 aliphatic carbocycles. The van der Waals surface area contributed by atoms with Crippen molar-refractivity contribution in [3.8, 4) is 5.75 Å². The number of hydrogen-bond acceptors (Lipinski definition) is 7. The van der Waals surface area contributed by atoms with Gasteiger partial charge in [-0.25, -0.2) is 0 Å². The number of nitro benzene ring substituents is 1. The van der Waals surface area contributed by atoms with Crippen LogP contribution in [0.25, 0.3) is 0 Å². The lowest BCUT2D eigenvalue weighted by Crippen LogP contribution is -2.41. The summed E-state index contributed by atoms with van der Waals surface area (Å²) in [5.41, 5.74) is 0.417. The van der Waals surface area contributed by atoms with E-state index in [1.807, 2.05) is 27.7 Å². The lowest BCUT2D eigenvalue weighted by molar-refractivity contribution is -0.384. The lowest BCUT2D eigenvalue weighted by atomic mass is 9.78. The van der Waals surface area contributed by atoms with Gasteiger partial charge in [0, 0.05) is 17.6 Å². The van der Waals surface area contributed by atoms with E-state index < -0.39 is 23.2 Å². The Labute approximate surface area is 157 Å². The van der Waals surface area contributed by atoms with Crippen LogP contribution in [0, 0.1) is 10.1 Å². The molecule has 0 bridgehead atoms.